The number of carbonyl (C=O) groups is 1. The molecule has 1 aliphatic rings. The van der Waals surface area contributed by atoms with E-state index in [0.29, 0.717) is 28.8 Å². The molecule has 0 aliphatic carbocycles. The number of aromatic nitrogens is 2. The SMILES string of the molecule is CC(CNC(=O)c1oc2ccccc2c1CSc1ncccn1)N1CCOCC1. The highest BCUT2D eigenvalue weighted by Crippen LogP contribution is 2.31. The lowest BCUT2D eigenvalue weighted by Crippen LogP contribution is -2.47. The second kappa shape index (κ2) is 9.39. The Kier molecular flexibility index (Phi) is 6.43. The van der Waals surface area contributed by atoms with Crippen LogP contribution in [0.4, 0.5) is 0 Å². The Morgan fingerprint density at radius 1 is 1.21 bits per heavy atom. The second-order valence-corrected chi connectivity index (χ2v) is 7.88. The van der Waals surface area contributed by atoms with Crippen LogP contribution in [0.1, 0.15) is 23.0 Å². The molecule has 1 atom stereocenters. The maximum atomic E-state index is 12.9. The smallest absolute Gasteiger partial charge is 0.287 e. The van der Waals surface area contributed by atoms with Crippen molar-refractivity contribution in [3.63, 3.8) is 0 Å². The quantitative estimate of drug-likeness (QED) is 0.472. The number of benzene rings is 1. The minimum absolute atomic E-state index is 0.189. The number of carbonyl (C=O) groups excluding carboxylic acids is 1. The molecule has 8 heteroatoms. The fourth-order valence-corrected chi connectivity index (χ4v) is 4.22. The Balaban J connectivity index is 1.48. The van der Waals surface area contributed by atoms with Crippen LogP contribution in [-0.4, -0.2) is 59.7 Å². The number of ether oxygens (including phenoxy) is 1. The molecule has 3 heterocycles. The number of nitrogens with zero attached hydrogens (tertiary/aromatic N) is 3. The Hall–Kier alpha value is -2.42. The average Bonchev–Trinajstić information content (AvgIpc) is 3.16. The van der Waals surface area contributed by atoms with E-state index >= 15 is 0 Å². The zero-order valence-electron chi connectivity index (χ0n) is 16.3. The van der Waals surface area contributed by atoms with E-state index in [1.165, 1.54) is 11.8 Å². The van der Waals surface area contributed by atoms with Crippen molar-refractivity contribution in [1.82, 2.24) is 20.2 Å². The molecule has 7 nitrogen and oxygen atoms in total. The average molecular weight is 413 g/mol. The van der Waals surface area contributed by atoms with Crippen LogP contribution in [0.3, 0.4) is 0 Å². The van der Waals surface area contributed by atoms with Crippen molar-refractivity contribution < 1.29 is 13.9 Å². The lowest BCUT2D eigenvalue weighted by Gasteiger charge is -2.32. The number of hydrogen-bond donors (Lipinski definition) is 1. The van der Waals surface area contributed by atoms with E-state index in [0.717, 1.165) is 37.3 Å². The third-order valence-electron chi connectivity index (χ3n) is 5.02. The first-order valence-corrected chi connectivity index (χ1v) is 10.7. The lowest BCUT2D eigenvalue weighted by atomic mass is 10.1. The molecule has 1 aliphatic heterocycles. The van der Waals surface area contributed by atoms with E-state index in [1.807, 2.05) is 24.3 Å². The van der Waals surface area contributed by atoms with E-state index in [1.54, 1.807) is 18.5 Å². The number of nitrogens with one attached hydrogen (secondary N) is 1. The maximum Gasteiger partial charge on any atom is 0.287 e. The first kappa shape index (κ1) is 19.9. The van der Waals surface area contributed by atoms with Crippen LogP contribution in [0.5, 0.6) is 0 Å². The number of thioether (sulfide) groups is 1. The fraction of sp³-hybridized carbons (Fsp3) is 0.381. The second-order valence-electron chi connectivity index (χ2n) is 6.93. The normalized spacial score (nSPS) is 16.0. The Bertz CT molecular complexity index is 957. The Morgan fingerprint density at radius 3 is 2.76 bits per heavy atom. The summed E-state index contributed by atoms with van der Waals surface area (Å²) in [6.45, 7) is 5.94. The predicted octanol–water partition coefficient (Wildman–Crippen LogP) is 2.97. The van der Waals surface area contributed by atoms with Gasteiger partial charge in [-0.2, -0.15) is 0 Å². The van der Waals surface area contributed by atoms with Gasteiger partial charge in [0, 0.05) is 54.8 Å². The summed E-state index contributed by atoms with van der Waals surface area (Å²) in [6, 6.07) is 9.75. The molecule has 3 aromatic rings. The topological polar surface area (TPSA) is 80.5 Å². The molecule has 2 aromatic heterocycles. The molecule has 1 fully saturated rings. The molecule has 1 unspecified atom stereocenters. The van der Waals surface area contributed by atoms with Gasteiger partial charge in [-0.3, -0.25) is 9.69 Å². The summed E-state index contributed by atoms with van der Waals surface area (Å²) >= 11 is 1.49. The number of furan rings is 1. The molecule has 0 saturated carbocycles. The van der Waals surface area contributed by atoms with Crippen LogP contribution in [-0.2, 0) is 10.5 Å². The molecule has 1 N–H and O–H groups in total. The van der Waals surface area contributed by atoms with Gasteiger partial charge in [-0.05, 0) is 19.1 Å². The van der Waals surface area contributed by atoms with Gasteiger partial charge in [0.2, 0.25) is 0 Å². The van der Waals surface area contributed by atoms with Gasteiger partial charge >= 0.3 is 0 Å². The predicted molar refractivity (Wildman–Crippen MR) is 112 cm³/mol. The first-order chi connectivity index (χ1) is 14.2. The molecular formula is C21H24N4O3S. The molecule has 1 amide bonds. The minimum atomic E-state index is -0.189. The zero-order valence-corrected chi connectivity index (χ0v) is 17.2. The van der Waals surface area contributed by atoms with Crippen molar-refractivity contribution >= 4 is 28.6 Å². The van der Waals surface area contributed by atoms with Crippen LogP contribution >= 0.6 is 11.8 Å². The maximum absolute atomic E-state index is 12.9. The van der Waals surface area contributed by atoms with Crippen molar-refractivity contribution in [2.24, 2.45) is 0 Å². The summed E-state index contributed by atoms with van der Waals surface area (Å²) < 4.78 is 11.3. The monoisotopic (exact) mass is 412 g/mol. The molecule has 1 aromatic carbocycles. The van der Waals surface area contributed by atoms with Gasteiger partial charge in [-0.1, -0.05) is 30.0 Å². The number of morpholine rings is 1. The van der Waals surface area contributed by atoms with Crippen molar-refractivity contribution in [3.8, 4) is 0 Å². The molecule has 4 rings (SSSR count). The summed E-state index contributed by atoms with van der Waals surface area (Å²) in [7, 11) is 0. The van der Waals surface area contributed by atoms with Crippen molar-refractivity contribution in [2.75, 3.05) is 32.8 Å². The number of amides is 1. The summed E-state index contributed by atoms with van der Waals surface area (Å²) in [5, 5.41) is 4.66. The number of hydrogen-bond acceptors (Lipinski definition) is 7. The number of para-hydroxylation sites is 1. The Morgan fingerprint density at radius 2 is 1.97 bits per heavy atom. The third-order valence-corrected chi connectivity index (χ3v) is 5.92. The fourth-order valence-electron chi connectivity index (χ4n) is 3.39. The van der Waals surface area contributed by atoms with Gasteiger partial charge in [0.1, 0.15) is 5.58 Å². The minimum Gasteiger partial charge on any atom is -0.451 e. The molecule has 29 heavy (non-hydrogen) atoms. The van der Waals surface area contributed by atoms with Gasteiger partial charge in [0.25, 0.3) is 5.91 Å². The van der Waals surface area contributed by atoms with Crippen LogP contribution < -0.4 is 5.32 Å². The summed E-state index contributed by atoms with van der Waals surface area (Å²) in [4.78, 5) is 23.8. The third kappa shape index (κ3) is 4.77. The van der Waals surface area contributed by atoms with Crippen LogP contribution in [0.2, 0.25) is 0 Å². The Labute approximate surface area is 173 Å². The number of rotatable bonds is 7. The number of fused-ring (bicyclic) bond motifs is 1. The van der Waals surface area contributed by atoms with Gasteiger partial charge in [-0.15, -0.1) is 0 Å². The van der Waals surface area contributed by atoms with Gasteiger partial charge < -0.3 is 14.5 Å². The lowest BCUT2D eigenvalue weighted by molar-refractivity contribution is 0.0203. The van der Waals surface area contributed by atoms with Crippen molar-refractivity contribution in [3.05, 3.63) is 54.0 Å². The highest BCUT2D eigenvalue weighted by molar-refractivity contribution is 7.98. The largest absolute Gasteiger partial charge is 0.451 e. The van der Waals surface area contributed by atoms with Crippen molar-refractivity contribution in [1.29, 1.82) is 0 Å². The molecule has 0 radical (unpaired) electrons. The summed E-state index contributed by atoms with van der Waals surface area (Å²) in [5.41, 5.74) is 1.58. The molecule has 0 bridgehead atoms. The molecule has 152 valence electrons. The van der Waals surface area contributed by atoms with Crippen LogP contribution in [0, 0.1) is 0 Å². The highest BCUT2D eigenvalue weighted by Gasteiger charge is 2.23. The zero-order chi connectivity index (χ0) is 20.1. The summed E-state index contributed by atoms with van der Waals surface area (Å²) in [5.74, 6) is 0.734. The van der Waals surface area contributed by atoms with E-state index in [-0.39, 0.29) is 11.9 Å². The highest BCUT2D eigenvalue weighted by atomic mass is 32.2. The van der Waals surface area contributed by atoms with Gasteiger partial charge in [0.05, 0.1) is 13.2 Å². The van der Waals surface area contributed by atoms with E-state index < -0.39 is 0 Å². The van der Waals surface area contributed by atoms with E-state index in [2.05, 4.69) is 27.1 Å². The van der Waals surface area contributed by atoms with E-state index in [9.17, 15) is 4.79 Å². The first-order valence-electron chi connectivity index (χ1n) is 9.72. The van der Waals surface area contributed by atoms with Crippen molar-refractivity contribution in [2.45, 2.75) is 23.9 Å². The van der Waals surface area contributed by atoms with Crippen LogP contribution in [0.25, 0.3) is 11.0 Å². The summed E-state index contributed by atoms with van der Waals surface area (Å²) in [6.07, 6.45) is 3.42. The molecule has 0 spiro atoms. The molecule has 1 saturated heterocycles. The van der Waals surface area contributed by atoms with E-state index in [4.69, 9.17) is 9.15 Å². The molecular weight excluding hydrogens is 388 g/mol. The van der Waals surface area contributed by atoms with Gasteiger partial charge in [0.15, 0.2) is 10.9 Å². The standard InChI is InChI=1S/C21H24N4O3S/c1-15(25-9-11-27-12-10-25)13-24-20(26)19-17(14-29-21-22-7-4-8-23-21)16-5-2-3-6-18(16)28-19/h2-8,15H,9-14H2,1H3,(H,24,26). The van der Waals surface area contributed by atoms with Gasteiger partial charge in [-0.25, -0.2) is 9.97 Å². The van der Waals surface area contributed by atoms with Crippen LogP contribution in [0.15, 0.2) is 52.3 Å².